The predicted molar refractivity (Wildman–Crippen MR) is 109 cm³/mol. The lowest BCUT2D eigenvalue weighted by Crippen LogP contribution is -2.44. The smallest absolute Gasteiger partial charge is 0.329 e. The van der Waals surface area contributed by atoms with Crippen LogP contribution in [0.15, 0.2) is 59.2 Å². The Hall–Kier alpha value is -2.93. The van der Waals surface area contributed by atoms with E-state index in [2.05, 4.69) is 15.9 Å². The molecule has 3 heterocycles. The van der Waals surface area contributed by atoms with E-state index in [-0.39, 0.29) is 17.9 Å². The second kappa shape index (κ2) is 6.56. The molecule has 2 fully saturated rings. The van der Waals surface area contributed by atoms with Crippen LogP contribution in [0, 0.1) is 11.8 Å². The van der Waals surface area contributed by atoms with Crippen LogP contribution in [0.1, 0.15) is 17.2 Å². The van der Waals surface area contributed by atoms with Gasteiger partial charge < -0.3 is 9.64 Å². The van der Waals surface area contributed by atoms with E-state index < -0.39 is 23.8 Å². The maximum Gasteiger partial charge on any atom is 0.329 e. The average molecular weight is 453 g/mol. The minimum Gasteiger partial charge on any atom is -0.467 e. The van der Waals surface area contributed by atoms with Crippen molar-refractivity contribution in [2.24, 2.45) is 11.8 Å². The van der Waals surface area contributed by atoms with Gasteiger partial charge in [0.15, 0.2) is 0 Å². The number of anilines is 1. The van der Waals surface area contributed by atoms with Gasteiger partial charge in [-0.05, 0) is 41.5 Å². The Balaban J connectivity index is 1.65. The van der Waals surface area contributed by atoms with Gasteiger partial charge in [-0.25, -0.2) is 9.69 Å². The van der Waals surface area contributed by atoms with Gasteiger partial charge in [0.05, 0.1) is 30.7 Å². The molecule has 5 rings (SSSR count). The number of fused-ring (bicyclic) bond motifs is 5. The largest absolute Gasteiger partial charge is 0.467 e. The first-order chi connectivity index (χ1) is 14.0. The summed E-state index contributed by atoms with van der Waals surface area (Å²) in [5, 5.41) is 0. The third-order valence-corrected chi connectivity index (χ3v) is 6.52. The minimum atomic E-state index is -0.837. The summed E-state index contributed by atoms with van der Waals surface area (Å²) in [6, 6.07) is 13.5. The highest BCUT2D eigenvalue weighted by Gasteiger charge is 2.65. The summed E-state index contributed by atoms with van der Waals surface area (Å²) in [7, 11) is 1.31. The zero-order chi connectivity index (χ0) is 20.3. The summed E-state index contributed by atoms with van der Waals surface area (Å²) in [6.07, 6.45) is 3.71. The zero-order valence-corrected chi connectivity index (χ0v) is 17.1. The highest BCUT2D eigenvalue weighted by Crippen LogP contribution is 2.53. The van der Waals surface area contributed by atoms with E-state index in [1.807, 2.05) is 35.2 Å². The summed E-state index contributed by atoms with van der Waals surface area (Å²) in [5.41, 5.74) is 2.43. The number of ether oxygens (including phenoxy) is 1. The first-order valence-electron chi connectivity index (χ1n) is 9.28. The van der Waals surface area contributed by atoms with Gasteiger partial charge in [-0.2, -0.15) is 0 Å². The number of carbonyl (C=O) groups excluding carboxylic acids is 3. The van der Waals surface area contributed by atoms with Crippen molar-refractivity contribution in [1.82, 2.24) is 4.90 Å². The van der Waals surface area contributed by atoms with Crippen molar-refractivity contribution in [3.05, 3.63) is 70.3 Å². The lowest BCUT2D eigenvalue weighted by atomic mass is 9.84. The second-order valence-corrected chi connectivity index (χ2v) is 8.26. The van der Waals surface area contributed by atoms with Crippen molar-refractivity contribution in [1.29, 1.82) is 0 Å². The summed E-state index contributed by atoms with van der Waals surface area (Å²) in [6.45, 7) is 0. The molecular weight excluding hydrogens is 436 g/mol. The molecule has 0 bridgehead atoms. The van der Waals surface area contributed by atoms with Gasteiger partial charge in [-0.1, -0.05) is 40.2 Å². The van der Waals surface area contributed by atoms with Gasteiger partial charge in [-0.15, -0.1) is 0 Å². The van der Waals surface area contributed by atoms with Crippen molar-refractivity contribution in [2.75, 3.05) is 12.0 Å². The van der Waals surface area contributed by atoms with Crippen molar-refractivity contribution in [3.63, 3.8) is 0 Å². The number of rotatable bonds is 2. The number of carbonyl (C=O) groups is 3. The molecule has 29 heavy (non-hydrogen) atoms. The molecule has 0 radical (unpaired) electrons. The number of hydrogen-bond donors (Lipinski definition) is 0. The molecule has 7 heteroatoms. The molecule has 0 spiro atoms. The molecule has 6 nitrogen and oxygen atoms in total. The van der Waals surface area contributed by atoms with Crippen LogP contribution < -0.4 is 4.90 Å². The Morgan fingerprint density at radius 3 is 2.41 bits per heavy atom. The van der Waals surface area contributed by atoms with Crippen molar-refractivity contribution in [2.45, 2.75) is 12.1 Å². The van der Waals surface area contributed by atoms with Crippen molar-refractivity contribution >= 4 is 45.5 Å². The van der Waals surface area contributed by atoms with Crippen LogP contribution in [0.3, 0.4) is 0 Å². The average Bonchev–Trinajstić information content (AvgIpc) is 3.21. The Morgan fingerprint density at radius 1 is 1.00 bits per heavy atom. The highest BCUT2D eigenvalue weighted by atomic mass is 79.9. The van der Waals surface area contributed by atoms with Gasteiger partial charge in [0.25, 0.3) is 0 Å². The first kappa shape index (κ1) is 18.1. The number of esters is 1. The van der Waals surface area contributed by atoms with Gasteiger partial charge in [0, 0.05) is 10.7 Å². The van der Waals surface area contributed by atoms with Gasteiger partial charge in [0.1, 0.15) is 6.04 Å². The summed E-state index contributed by atoms with van der Waals surface area (Å²) >= 11 is 3.37. The van der Waals surface area contributed by atoms with Crippen LogP contribution in [0.2, 0.25) is 0 Å². The van der Waals surface area contributed by atoms with Crippen molar-refractivity contribution in [3.8, 4) is 0 Å². The minimum absolute atomic E-state index is 0.283. The summed E-state index contributed by atoms with van der Waals surface area (Å²) in [5.74, 6) is -2.60. The quantitative estimate of drug-likeness (QED) is 0.517. The van der Waals surface area contributed by atoms with E-state index in [0.717, 1.165) is 15.6 Å². The summed E-state index contributed by atoms with van der Waals surface area (Å²) in [4.78, 5) is 42.6. The number of benzene rings is 2. The van der Waals surface area contributed by atoms with Gasteiger partial charge in [0.2, 0.25) is 11.8 Å². The Labute approximate surface area is 175 Å². The van der Waals surface area contributed by atoms with E-state index in [1.54, 1.807) is 30.5 Å². The van der Waals surface area contributed by atoms with Crippen LogP contribution in [-0.2, 0) is 19.1 Å². The topological polar surface area (TPSA) is 66.9 Å². The maximum absolute atomic E-state index is 13.5. The van der Waals surface area contributed by atoms with Gasteiger partial charge in [-0.3, -0.25) is 9.59 Å². The molecule has 2 saturated heterocycles. The lowest BCUT2D eigenvalue weighted by Gasteiger charge is -2.34. The normalized spacial score (nSPS) is 27.0. The first-order valence-corrected chi connectivity index (χ1v) is 10.1. The third-order valence-electron chi connectivity index (χ3n) is 5.99. The molecule has 2 aromatic rings. The number of imide groups is 1. The molecule has 3 aliphatic heterocycles. The van der Waals surface area contributed by atoms with E-state index >= 15 is 0 Å². The van der Waals surface area contributed by atoms with Crippen LogP contribution >= 0.6 is 15.9 Å². The molecule has 0 N–H and O–H groups in total. The molecule has 2 amide bonds. The Bertz CT molecular complexity index is 1060. The fourth-order valence-corrected chi connectivity index (χ4v) is 5.06. The van der Waals surface area contributed by atoms with Crippen LogP contribution in [0.5, 0.6) is 0 Å². The van der Waals surface area contributed by atoms with Gasteiger partial charge >= 0.3 is 5.97 Å². The second-order valence-electron chi connectivity index (χ2n) is 7.34. The monoisotopic (exact) mass is 452 g/mol. The van der Waals surface area contributed by atoms with E-state index in [4.69, 9.17) is 4.74 Å². The fraction of sp³-hybridized carbons (Fsp3) is 0.227. The number of hydrogen-bond acceptors (Lipinski definition) is 5. The Kier molecular flexibility index (Phi) is 4.10. The maximum atomic E-state index is 13.5. The third kappa shape index (κ3) is 2.50. The highest BCUT2D eigenvalue weighted by molar-refractivity contribution is 9.10. The summed E-state index contributed by atoms with van der Waals surface area (Å²) < 4.78 is 5.87. The fourth-order valence-electron chi connectivity index (χ4n) is 4.79. The van der Waals surface area contributed by atoms with Crippen LogP contribution in [0.25, 0.3) is 6.08 Å². The number of methoxy groups -OCH3 is 1. The SMILES string of the molecule is COC(=O)C1C2C(=O)N(c3ccc(Br)cc3)C(=O)C2C2c3ccccc3C=CN12. The molecule has 0 aromatic heterocycles. The standard InChI is InChI=1S/C22H17BrN2O4/c1-29-22(28)19-17-16(18-15-5-3-2-4-12(15)10-11-24(18)19)20(26)25(21(17)27)14-8-6-13(23)7-9-14/h2-11,16-19H,1H3. The molecular formula is C22H17BrN2O4. The van der Waals surface area contributed by atoms with Crippen LogP contribution in [0.4, 0.5) is 5.69 Å². The van der Waals surface area contributed by atoms with E-state index in [1.165, 1.54) is 12.0 Å². The molecule has 4 unspecified atom stereocenters. The molecule has 3 aliphatic rings. The van der Waals surface area contributed by atoms with Crippen LogP contribution in [-0.4, -0.2) is 35.8 Å². The predicted octanol–water partition coefficient (Wildman–Crippen LogP) is 3.14. The molecule has 2 aromatic carbocycles. The van der Waals surface area contributed by atoms with Crippen molar-refractivity contribution < 1.29 is 19.1 Å². The molecule has 146 valence electrons. The number of nitrogens with zero attached hydrogens (tertiary/aromatic N) is 2. The number of halogens is 1. The number of amides is 2. The molecule has 0 saturated carbocycles. The lowest BCUT2D eigenvalue weighted by molar-refractivity contribution is -0.148. The van der Waals surface area contributed by atoms with E-state index in [9.17, 15) is 14.4 Å². The zero-order valence-electron chi connectivity index (χ0n) is 15.5. The Morgan fingerprint density at radius 2 is 1.69 bits per heavy atom. The molecule has 4 atom stereocenters. The molecule has 0 aliphatic carbocycles. The van der Waals surface area contributed by atoms with E-state index in [0.29, 0.717) is 5.69 Å².